The first-order chi connectivity index (χ1) is 14.3. The lowest BCUT2D eigenvalue weighted by Gasteiger charge is -2.16. The average molecular weight is 378 g/mol. The van der Waals surface area contributed by atoms with Crippen molar-refractivity contribution in [1.82, 2.24) is 9.97 Å². The minimum absolute atomic E-state index is 0.671. The maximum absolute atomic E-state index is 5.04. The highest BCUT2D eigenvalue weighted by atomic mass is 15.4. The number of H-pyrrole nitrogens is 1. The molecular weight excluding hydrogens is 358 g/mol. The van der Waals surface area contributed by atoms with E-state index in [9.17, 15) is 0 Å². The van der Waals surface area contributed by atoms with Crippen LogP contribution in [-0.2, 0) is 7.05 Å². The van der Waals surface area contributed by atoms with Crippen LogP contribution in [0.4, 0.5) is 17.3 Å². The van der Waals surface area contributed by atoms with Crippen LogP contribution in [0.15, 0.2) is 79.5 Å². The summed E-state index contributed by atoms with van der Waals surface area (Å²) in [4.78, 5) is 13.1. The highest BCUT2D eigenvalue weighted by molar-refractivity contribution is 6.12. The molecule has 0 saturated heterocycles. The third kappa shape index (κ3) is 2.15. The van der Waals surface area contributed by atoms with Gasteiger partial charge in [0.1, 0.15) is 5.52 Å². The van der Waals surface area contributed by atoms with E-state index in [1.807, 2.05) is 18.3 Å². The molecule has 1 aliphatic rings. The van der Waals surface area contributed by atoms with E-state index in [1.165, 1.54) is 10.8 Å². The van der Waals surface area contributed by atoms with Crippen molar-refractivity contribution in [3.8, 4) is 0 Å². The smallest absolute Gasteiger partial charge is 0.327 e. The van der Waals surface area contributed by atoms with Crippen molar-refractivity contribution in [2.45, 2.75) is 0 Å². The van der Waals surface area contributed by atoms with Gasteiger partial charge in [-0.15, -0.1) is 0 Å². The summed E-state index contributed by atoms with van der Waals surface area (Å²) in [5.74, 6) is 1.99. The Morgan fingerprint density at radius 1 is 1.00 bits per heavy atom. The second-order valence-electron chi connectivity index (χ2n) is 7.40. The molecule has 5 aromatic rings. The number of nitrogens with zero attached hydrogens (tertiary/aromatic N) is 4. The van der Waals surface area contributed by atoms with Crippen LogP contribution in [0.1, 0.15) is 0 Å². The van der Waals surface area contributed by atoms with Crippen molar-refractivity contribution < 1.29 is 4.57 Å². The van der Waals surface area contributed by atoms with Gasteiger partial charge in [0.2, 0.25) is 5.82 Å². The van der Waals surface area contributed by atoms with Crippen LogP contribution in [-0.4, -0.2) is 16.6 Å². The van der Waals surface area contributed by atoms with Gasteiger partial charge in [0.15, 0.2) is 12.2 Å². The molecular formula is C24H20N5+. The summed E-state index contributed by atoms with van der Waals surface area (Å²) in [5.41, 5.74) is 5.47. The Balaban J connectivity index is 1.65. The SMILES string of the molecule is C=CN1CN(c2cccc3c2[nH]c2ccccc23)c2nc3ccccc3[n+](C)c21. The number of rotatable bonds is 2. The Kier molecular flexibility index (Phi) is 3.23. The van der Waals surface area contributed by atoms with Crippen LogP contribution in [0.25, 0.3) is 32.8 Å². The van der Waals surface area contributed by atoms with Gasteiger partial charge in [-0.2, -0.15) is 0 Å². The Morgan fingerprint density at radius 2 is 1.79 bits per heavy atom. The summed E-state index contributed by atoms with van der Waals surface area (Å²) in [7, 11) is 2.09. The van der Waals surface area contributed by atoms with Crippen molar-refractivity contribution in [2.24, 2.45) is 7.05 Å². The fraction of sp³-hybridized carbons (Fsp3) is 0.0833. The molecule has 0 spiro atoms. The zero-order chi connectivity index (χ0) is 19.5. The molecule has 0 aliphatic carbocycles. The van der Waals surface area contributed by atoms with Gasteiger partial charge in [-0.1, -0.05) is 49.0 Å². The van der Waals surface area contributed by atoms with Crippen LogP contribution in [0.5, 0.6) is 0 Å². The zero-order valence-electron chi connectivity index (χ0n) is 16.1. The standard InChI is InChI=1S/C24H20N5/c1-3-28-15-29(23-24(28)27(2)20-13-7-6-12-19(20)26-23)21-14-8-10-17-16-9-4-5-11-18(16)25-22(17)21/h3-14,25H,1,15H2,2H3/q+1. The van der Waals surface area contributed by atoms with E-state index in [4.69, 9.17) is 4.98 Å². The lowest BCUT2D eigenvalue weighted by Crippen LogP contribution is -2.36. The molecule has 5 heteroatoms. The number of benzene rings is 3. The summed E-state index contributed by atoms with van der Waals surface area (Å²) >= 11 is 0. The molecule has 0 bridgehead atoms. The van der Waals surface area contributed by atoms with Crippen molar-refractivity contribution in [1.29, 1.82) is 0 Å². The predicted octanol–water partition coefficient (Wildman–Crippen LogP) is 4.75. The minimum Gasteiger partial charge on any atom is -0.353 e. The van der Waals surface area contributed by atoms with Crippen LogP contribution in [0.2, 0.25) is 0 Å². The number of aromatic nitrogens is 3. The predicted molar refractivity (Wildman–Crippen MR) is 118 cm³/mol. The summed E-state index contributed by atoms with van der Waals surface area (Å²) in [6, 6.07) is 23.1. The molecule has 29 heavy (non-hydrogen) atoms. The number of aryl methyl sites for hydroxylation is 1. The molecule has 1 aliphatic heterocycles. The van der Waals surface area contributed by atoms with E-state index in [0.717, 1.165) is 39.4 Å². The third-order valence-corrected chi connectivity index (χ3v) is 5.84. The number of nitrogens with one attached hydrogen (secondary N) is 1. The van der Waals surface area contributed by atoms with Crippen LogP contribution in [0.3, 0.4) is 0 Å². The Bertz CT molecular complexity index is 1430. The Labute approximate surface area is 168 Å². The molecule has 0 amide bonds. The van der Waals surface area contributed by atoms with Crippen molar-refractivity contribution in [3.63, 3.8) is 0 Å². The van der Waals surface area contributed by atoms with Gasteiger partial charge in [0, 0.05) is 16.3 Å². The van der Waals surface area contributed by atoms with Crippen LogP contribution in [0, 0.1) is 0 Å². The van der Waals surface area contributed by atoms with E-state index >= 15 is 0 Å². The molecule has 0 atom stereocenters. The van der Waals surface area contributed by atoms with Gasteiger partial charge >= 0.3 is 5.82 Å². The summed E-state index contributed by atoms with van der Waals surface area (Å²) in [6.45, 7) is 4.71. The third-order valence-electron chi connectivity index (χ3n) is 5.84. The van der Waals surface area contributed by atoms with E-state index in [-0.39, 0.29) is 0 Å². The monoisotopic (exact) mass is 378 g/mol. The van der Waals surface area contributed by atoms with Gasteiger partial charge in [-0.3, -0.25) is 4.90 Å². The fourth-order valence-electron chi connectivity index (χ4n) is 4.48. The number of hydrogen-bond acceptors (Lipinski definition) is 3. The highest BCUT2D eigenvalue weighted by Crippen LogP contribution is 2.41. The minimum atomic E-state index is 0.671. The van der Waals surface area contributed by atoms with E-state index in [0.29, 0.717) is 6.67 Å². The van der Waals surface area contributed by atoms with Crippen molar-refractivity contribution in [3.05, 3.63) is 79.5 Å². The molecule has 0 fully saturated rings. The molecule has 0 saturated carbocycles. The van der Waals surface area contributed by atoms with Gasteiger partial charge in [-0.25, -0.2) is 14.5 Å². The highest BCUT2D eigenvalue weighted by Gasteiger charge is 2.38. The van der Waals surface area contributed by atoms with Gasteiger partial charge < -0.3 is 4.98 Å². The fourth-order valence-corrected chi connectivity index (χ4v) is 4.48. The second-order valence-corrected chi connectivity index (χ2v) is 7.40. The molecule has 1 N–H and O–H groups in total. The number of aromatic amines is 1. The normalized spacial score (nSPS) is 13.6. The molecule has 2 aromatic heterocycles. The maximum atomic E-state index is 5.04. The Hall–Kier alpha value is -3.86. The molecule has 0 unspecified atom stereocenters. The number of anilines is 3. The second kappa shape index (κ2) is 5.82. The zero-order valence-corrected chi connectivity index (χ0v) is 16.1. The first kappa shape index (κ1) is 16.1. The van der Waals surface area contributed by atoms with E-state index in [2.05, 4.69) is 87.6 Å². The number of hydrogen-bond donors (Lipinski definition) is 1. The first-order valence-corrected chi connectivity index (χ1v) is 9.71. The molecule has 3 aromatic carbocycles. The first-order valence-electron chi connectivity index (χ1n) is 9.71. The van der Waals surface area contributed by atoms with Gasteiger partial charge in [-0.05, 0) is 24.3 Å². The van der Waals surface area contributed by atoms with E-state index < -0.39 is 0 Å². The Morgan fingerprint density at radius 3 is 2.69 bits per heavy atom. The number of para-hydroxylation sites is 4. The average Bonchev–Trinajstić information content (AvgIpc) is 3.32. The lowest BCUT2D eigenvalue weighted by atomic mass is 10.1. The van der Waals surface area contributed by atoms with E-state index in [1.54, 1.807) is 0 Å². The molecule has 0 radical (unpaired) electrons. The molecule has 3 heterocycles. The van der Waals surface area contributed by atoms with Crippen molar-refractivity contribution >= 4 is 50.2 Å². The molecule has 5 nitrogen and oxygen atoms in total. The summed E-state index contributed by atoms with van der Waals surface area (Å²) in [6.07, 6.45) is 1.88. The quantitative estimate of drug-likeness (QED) is 0.451. The molecule has 6 rings (SSSR count). The topological polar surface area (TPSA) is 39.0 Å². The molecule has 140 valence electrons. The lowest BCUT2D eigenvalue weighted by molar-refractivity contribution is -0.631. The summed E-state index contributed by atoms with van der Waals surface area (Å²) in [5, 5.41) is 2.46. The van der Waals surface area contributed by atoms with Crippen LogP contribution < -0.4 is 14.4 Å². The number of fused-ring (bicyclic) bond motifs is 5. The maximum Gasteiger partial charge on any atom is 0.327 e. The van der Waals surface area contributed by atoms with Crippen LogP contribution >= 0.6 is 0 Å². The summed E-state index contributed by atoms with van der Waals surface area (Å²) < 4.78 is 2.20. The van der Waals surface area contributed by atoms with Crippen molar-refractivity contribution in [2.75, 3.05) is 16.5 Å². The van der Waals surface area contributed by atoms with Gasteiger partial charge in [0.05, 0.1) is 24.5 Å². The van der Waals surface area contributed by atoms with Gasteiger partial charge in [0.25, 0.3) is 0 Å². The largest absolute Gasteiger partial charge is 0.353 e.